The van der Waals surface area contributed by atoms with E-state index in [2.05, 4.69) is 4.90 Å². The largest absolute Gasteiger partial charge is 0.468 e. The first kappa shape index (κ1) is 15.6. The van der Waals surface area contributed by atoms with Gasteiger partial charge in [0.2, 0.25) is 10.0 Å². The molecule has 1 unspecified atom stereocenters. The van der Waals surface area contributed by atoms with E-state index in [0.717, 1.165) is 44.7 Å². The highest BCUT2D eigenvalue weighted by Crippen LogP contribution is 2.38. The van der Waals surface area contributed by atoms with Crippen LogP contribution < -0.4 is 0 Å². The van der Waals surface area contributed by atoms with Crippen LogP contribution in [0.15, 0.2) is 22.8 Å². The van der Waals surface area contributed by atoms with Crippen LogP contribution >= 0.6 is 0 Å². The van der Waals surface area contributed by atoms with Crippen molar-refractivity contribution in [3.8, 4) is 0 Å². The third-order valence-electron chi connectivity index (χ3n) is 5.19. The van der Waals surface area contributed by atoms with E-state index < -0.39 is 10.0 Å². The van der Waals surface area contributed by atoms with Crippen LogP contribution in [0, 0.1) is 5.41 Å². The molecule has 0 aromatic carbocycles. The topological polar surface area (TPSA) is 63.0 Å². The van der Waals surface area contributed by atoms with Gasteiger partial charge in [0.15, 0.2) is 0 Å². The first-order valence-corrected chi connectivity index (χ1v) is 9.89. The predicted molar refractivity (Wildman–Crippen MR) is 85.4 cm³/mol. The zero-order chi connectivity index (χ0) is 15.9. The average Bonchev–Trinajstić information content (AvgIpc) is 3.20. The summed E-state index contributed by atoms with van der Waals surface area (Å²) < 4.78 is 38.2. The molecule has 3 fully saturated rings. The molecule has 0 bridgehead atoms. The van der Waals surface area contributed by atoms with Gasteiger partial charge < -0.3 is 9.15 Å². The minimum absolute atomic E-state index is 0.0783. The number of rotatable bonds is 4. The van der Waals surface area contributed by atoms with Crippen molar-refractivity contribution in [2.24, 2.45) is 5.41 Å². The maximum atomic E-state index is 12.6. The normalized spacial score (nSPS) is 30.8. The third kappa shape index (κ3) is 3.20. The smallest absolute Gasteiger partial charge is 0.217 e. The van der Waals surface area contributed by atoms with Crippen molar-refractivity contribution in [3.05, 3.63) is 24.2 Å². The van der Waals surface area contributed by atoms with Gasteiger partial charge in [-0.05, 0) is 37.9 Å². The Morgan fingerprint density at radius 2 is 2.13 bits per heavy atom. The Hall–Kier alpha value is -0.890. The van der Waals surface area contributed by atoms with E-state index in [1.165, 1.54) is 0 Å². The van der Waals surface area contributed by atoms with Crippen LogP contribution in [0.5, 0.6) is 0 Å². The lowest BCUT2D eigenvalue weighted by atomic mass is 9.88. The van der Waals surface area contributed by atoms with Crippen molar-refractivity contribution >= 4 is 10.0 Å². The van der Waals surface area contributed by atoms with Crippen LogP contribution in [0.2, 0.25) is 0 Å². The van der Waals surface area contributed by atoms with Gasteiger partial charge in [-0.3, -0.25) is 4.90 Å². The fourth-order valence-corrected chi connectivity index (χ4v) is 5.72. The molecule has 1 aliphatic carbocycles. The standard InChI is InChI=1S/C16H24N2O4S/c19-23(20,15-3-4-15)18-7-9-21-13-16(12-18)5-6-17(11-16)10-14-2-1-8-22-14/h1-2,8,15H,3-7,9-13H2. The van der Waals surface area contributed by atoms with E-state index in [0.29, 0.717) is 26.3 Å². The van der Waals surface area contributed by atoms with Gasteiger partial charge in [0.05, 0.1) is 31.3 Å². The molecule has 0 N–H and O–H groups in total. The molecule has 2 saturated heterocycles. The van der Waals surface area contributed by atoms with E-state index in [1.54, 1.807) is 10.6 Å². The number of furan rings is 1. The SMILES string of the molecule is O=S(=O)(C1CC1)N1CCOCC2(CCN(Cc3ccco3)C2)C1. The number of sulfonamides is 1. The Labute approximate surface area is 137 Å². The summed E-state index contributed by atoms with van der Waals surface area (Å²) in [6.07, 6.45) is 4.30. The fraction of sp³-hybridized carbons (Fsp3) is 0.750. The molecule has 1 saturated carbocycles. The zero-order valence-corrected chi connectivity index (χ0v) is 14.1. The maximum absolute atomic E-state index is 12.6. The molecule has 0 radical (unpaired) electrons. The van der Waals surface area contributed by atoms with Crippen LogP contribution in [0.3, 0.4) is 0 Å². The number of likely N-dealkylation sites (tertiary alicyclic amines) is 1. The lowest BCUT2D eigenvalue weighted by Gasteiger charge is -2.31. The van der Waals surface area contributed by atoms with Crippen LogP contribution in [0.1, 0.15) is 25.0 Å². The van der Waals surface area contributed by atoms with Crippen molar-refractivity contribution in [2.45, 2.75) is 31.1 Å². The average molecular weight is 340 g/mol. The minimum Gasteiger partial charge on any atom is -0.468 e. The molecule has 7 heteroatoms. The van der Waals surface area contributed by atoms with E-state index in [1.807, 2.05) is 12.1 Å². The van der Waals surface area contributed by atoms with Gasteiger partial charge in [-0.2, -0.15) is 4.31 Å². The molecule has 0 amide bonds. The molecule has 2 aliphatic heterocycles. The van der Waals surface area contributed by atoms with Gasteiger partial charge >= 0.3 is 0 Å². The molecule has 6 nitrogen and oxygen atoms in total. The van der Waals surface area contributed by atoms with Crippen molar-refractivity contribution < 1.29 is 17.6 Å². The van der Waals surface area contributed by atoms with E-state index >= 15 is 0 Å². The molecule has 1 aromatic heterocycles. The molecule has 3 heterocycles. The van der Waals surface area contributed by atoms with Gasteiger partial charge in [0.25, 0.3) is 0 Å². The van der Waals surface area contributed by atoms with E-state index in [9.17, 15) is 8.42 Å². The van der Waals surface area contributed by atoms with Crippen molar-refractivity contribution in [1.29, 1.82) is 0 Å². The number of hydrogen-bond acceptors (Lipinski definition) is 5. The number of nitrogens with zero attached hydrogens (tertiary/aromatic N) is 2. The third-order valence-corrected chi connectivity index (χ3v) is 7.53. The second-order valence-corrected chi connectivity index (χ2v) is 9.38. The highest BCUT2D eigenvalue weighted by Gasteiger charge is 2.47. The van der Waals surface area contributed by atoms with Gasteiger partial charge in [0, 0.05) is 25.0 Å². The molecular formula is C16H24N2O4S. The second-order valence-electron chi connectivity index (χ2n) is 7.17. The first-order valence-electron chi connectivity index (χ1n) is 8.39. The van der Waals surface area contributed by atoms with Gasteiger partial charge in [-0.25, -0.2) is 8.42 Å². The molecule has 1 spiro atoms. The van der Waals surface area contributed by atoms with Crippen LogP contribution in [0.25, 0.3) is 0 Å². The Bertz CT molecular complexity index is 641. The highest BCUT2D eigenvalue weighted by atomic mass is 32.2. The highest BCUT2D eigenvalue weighted by molar-refractivity contribution is 7.90. The van der Waals surface area contributed by atoms with Crippen LogP contribution in [0.4, 0.5) is 0 Å². The fourth-order valence-electron chi connectivity index (χ4n) is 3.78. The Balaban J connectivity index is 1.46. The minimum atomic E-state index is -3.13. The molecule has 128 valence electrons. The monoisotopic (exact) mass is 340 g/mol. The van der Waals surface area contributed by atoms with E-state index in [-0.39, 0.29) is 10.7 Å². The molecule has 3 aliphatic rings. The summed E-state index contributed by atoms with van der Waals surface area (Å²) in [5.41, 5.74) is -0.0783. The summed E-state index contributed by atoms with van der Waals surface area (Å²) in [6.45, 7) is 4.86. The summed E-state index contributed by atoms with van der Waals surface area (Å²) in [4.78, 5) is 2.34. The Morgan fingerprint density at radius 3 is 2.87 bits per heavy atom. The summed E-state index contributed by atoms with van der Waals surface area (Å²) in [5.74, 6) is 0.957. The summed E-state index contributed by atoms with van der Waals surface area (Å²) in [6, 6.07) is 3.89. The van der Waals surface area contributed by atoms with E-state index in [4.69, 9.17) is 9.15 Å². The van der Waals surface area contributed by atoms with Gasteiger partial charge in [0.1, 0.15) is 5.76 Å². The van der Waals surface area contributed by atoms with Crippen LogP contribution in [-0.2, 0) is 21.3 Å². The summed E-state index contributed by atoms with van der Waals surface area (Å²) in [7, 11) is -3.13. The summed E-state index contributed by atoms with van der Waals surface area (Å²) in [5, 5.41) is -0.140. The number of hydrogen-bond donors (Lipinski definition) is 0. The first-order chi connectivity index (χ1) is 11.1. The molecule has 4 rings (SSSR count). The maximum Gasteiger partial charge on any atom is 0.217 e. The Kier molecular flexibility index (Phi) is 3.99. The van der Waals surface area contributed by atoms with Gasteiger partial charge in [-0.15, -0.1) is 0 Å². The Morgan fingerprint density at radius 1 is 1.26 bits per heavy atom. The van der Waals surface area contributed by atoms with Crippen molar-refractivity contribution in [2.75, 3.05) is 39.4 Å². The quantitative estimate of drug-likeness (QED) is 0.827. The molecule has 1 atom stereocenters. The van der Waals surface area contributed by atoms with Crippen molar-refractivity contribution in [3.63, 3.8) is 0 Å². The van der Waals surface area contributed by atoms with Gasteiger partial charge in [-0.1, -0.05) is 0 Å². The molecular weight excluding hydrogens is 316 g/mol. The predicted octanol–water partition coefficient (Wildman–Crippen LogP) is 1.30. The lowest BCUT2D eigenvalue weighted by molar-refractivity contribution is 0.0716. The lowest BCUT2D eigenvalue weighted by Crippen LogP contribution is -2.44. The van der Waals surface area contributed by atoms with Crippen LogP contribution in [-0.4, -0.2) is 62.3 Å². The summed E-state index contributed by atoms with van der Waals surface area (Å²) >= 11 is 0. The zero-order valence-electron chi connectivity index (χ0n) is 13.3. The number of ether oxygens (including phenoxy) is 1. The molecule has 23 heavy (non-hydrogen) atoms. The van der Waals surface area contributed by atoms with Crippen molar-refractivity contribution in [1.82, 2.24) is 9.21 Å². The molecule has 1 aromatic rings. The second kappa shape index (κ2) is 5.88.